The Labute approximate surface area is 236 Å². The predicted octanol–water partition coefficient (Wildman–Crippen LogP) is 9.56. The van der Waals surface area contributed by atoms with Crippen LogP contribution in [0.25, 0.3) is 0 Å². The largest absolute Gasteiger partial charge is 0.507 e. The Morgan fingerprint density at radius 3 is 1.00 bits per heavy atom. The summed E-state index contributed by atoms with van der Waals surface area (Å²) >= 11 is 0. The molecule has 0 aromatic heterocycles. The first-order chi connectivity index (χ1) is 17.7. The van der Waals surface area contributed by atoms with Gasteiger partial charge < -0.3 is 15.3 Å². The van der Waals surface area contributed by atoms with Crippen molar-refractivity contribution < 1.29 is 15.3 Å². The van der Waals surface area contributed by atoms with Crippen molar-refractivity contribution in [2.24, 2.45) is 0 Å². The molecular weight excluding hydrogens is 480 g/mol. The van der Waals surface area contributed by atoms with Crippen LogP contribution >= 0.6 is 0 Å². The van der Waals surface area contributed by atoms with E-state index in [1.54, 1.807) is 0 Å². The van der Waals surface area contributed by atoms with Gasteiger partial charge in [-0.3, -0.25) is 0 Å². The number of hydrogen-bond donors (Lipinski definition) is 3. The minimum Gasteiger partial charge on any atom is -0.507 e. The van der Waals surface area contributed by atoms with Crippen molar-refractivity contribution in [3.63, 3.8) is 0 Å². The van der Waals surface area contributed by atoms with Gasteiger partial charge in [0.1, 0.15) is 17.2 Å². The topological polar surface area (TPSA) is 60.7 Å². The summed E-state index contributed by atoms with van der Waals surface area (Å²) in [7, 11) is 0. The fourth-order valence-electron chi connectivity index (χ4n) is 6.72. The van der Waals surface area contributed by atoms with Crippen LogP contribution < -0.4 is 0 Å². The molecule has 3 aromatic rings. The standard InChI is InChI=1S/C36H50O3/c1-20-14-17-24(31(37)28(20)34(5,6)7)23(4)27(25-18-15-21(2)29(32(25)38)35(8,9)10)26-19-16-22(3)30(33(26)39)36(11,12)13/h14-19,23,27,37-39H,1-13H3. The lowest BCUT2D eigenvalue weighted by Gasteiger charge is -2.34. The van der Waals surface area contributed by atoms with Crippen molar-refractivity contribution in [2.45, 2.75) is 118 Å². The minimum absolute atomic E-state index is 0.240. The van der Waals surface area contributed by atoms with Crippen LogP contribution in [0.2, 0.25) is 0 Å². The fourth-order valence-corrected chi connectivity index (χ4v) is 6.72. The number of phenols is 3. The summed E-state index contributed by atoms with van der Waals surface area (Å²) in [6.45, 7) is 27.2. The molecule has 0 bridgehead atoms. The maximum Gasteiger partial charge on any atom is 0.123 e. The summed E-state index contributed by atoms with van der Waals surface area (Å²) in [6, 6.07) is 12.2. The first-order valence-electron chi connectivity index (χ1n) is 14.2. The van der Waals surface area contributed by atoms with Crippen molar-refractivity contribution in [1.29, 1.82) is 0 Å². The van der Waals surface area contributed by atoms with Crippen LogP contribution in [-0.2, 0) is 16.2 Å². The van der Waals surface area contributed by atoms with Crippen LogP contribution in [0.4, 0.5) is 0 Å². The molecule has 0 aliphatic carbocycles. The zero-order valence-electron chi connectivity index (χ0n) is 26.5. The maximum absolute atomic E-state index is 11.9. The molecule has 1 unspecified atom stereocenters. The van der Waals surface area contributed by atoms with Gasteiger partial charge in [-0.2, -0.15) is 0 Å². The molecule has 1 atom stereocenters. The van der Waals surface area contributed by atoms with Gasteiger partial charge in [0.25, 0.3) is 0 Å². The third-order valence-electron chi connectivity index (χ3n) is 8.16. The second-order valence-electron chi connectivity index (χ2n) is 14.6. The Hall–Kier alpha value is -2.94. The average molecular weight is 531 g/mol. The van der Waals surface area contributed by atoms with Gasteiger partial charge in [-0.05, 0) is 65.2 Å². The molecule has 3 heteroatoms. The molecule has 0 aliphatic rings. The highest BCUT2D eigenvalue weighted by atomic mass is 16.3. The van der Waals surface area contributed by atoms with Crippen molar-refractivity contribution in [3.05, 3.63) is 86.5 Å². The molecule has 3 N–H and O–H groups in total. The van der Waals surface area contributed by atoms with E-state index in [9.17, 15) is 15.3 Å². The third-order valence-corrected chi connectivity index (χ3v) is 8.16. The smallest absolute Gasteiger partial charge is 0.123 e. The lowest BCUT2D eigenvalue weighted by Crippen LogP contribution is -2.20. The summed E-state index contributed by atoms with van der Waals surface area (Å²) < 4.78 is 0. The zero-order valence-corrected chi connectivity index (χ0v) is 26.5. The third kappa shape index (κ3) is 5.69. The molecule has 0 radical (unpaired) electrons. The molecule has 0 saturated carbocycles. The summed E-state index contributed by atoms with van der Waals surface area (Å²) in [5, 5.41) is 35.4. The van der Waals surface area contributed by atoms with Gasteiger partial charge in [-0.1, -0.05) is 106 Å². The second kappa shape index (κ2) is 10.2. The Morgan fingerprint density at radius 2 is 0.718 bits per heavy atom. The highest BCUT2D eigenvalue weighted by Gasteiger charge is 2.35. The zero-order chi connectivity index (χ0) is 29.8. The van der Waals surface area contributed by atoms with E-state index >= 15 is 0 Å². The molecule has 3 rings (SSSR count). The van der Waals surface area contributed by atoms with Crippen molar-refractivity contribution in [3.8, 4) is 17.2 Å². The van der Waals surface area contributed by atoms with Crippen molar-refractivity contribution in [1.82, 2.24) is 0 Å². The number of aromatic hydroxyl groups is 3. The molecular formula is C36H50O3. The second-order valence-corrected chi connectivity index (χ2v) is 14.6. The normalized spacial score (nSPS) is 13.7. The van der Waals surface area contributed by atoms with Crippen LogP contribution in [-0.4, -0.2) is 15.3 Å². The summed E-state index contributed by atoms with van der Waals surface area (Å²) in [6.07, 6.45) is 0. The molecule has 0 heterocycles. The Balaban J connectivity index is 2.45. The number of aryl methyl sites for hydroxylation is 3. The highest BCUT2D eigenvalue weighted by molar-refractivity contribution is 5.60. The van der Waals surface area contributed by atoms with Crippen LogP contribution in [0, 0.1) is 20.8 Å². The van der Waals surface area contributed by atoms with Crippen LogP contribution in [0.3, 0.4) is 0 Å². The Bertz CT molecular complexity index is 1310. The molecule has 0 aliphatic heterocycles. The van der Waals surface area contributed by atoms with Crippen molar-refractivity contribution in [2.75, 3.05) is 0 Å². The van der Waals surface area contributed by atoms with E-state index in [0.29, 0.717) is 5.75 Å². The average Bonchev–Trinajstić information content (AvgIpc) is 2.74. The fraction of sp³-hybridized carbons (Fsp3) is 0.500. The van der Waals surface area contributed by atoms with Gasteiger partial charge in [-0.25, -0.2) is 0 Å². The van der Waals surface area contributed by atoms with Crippen LogP contribution in [0.15, 0.2) is 36.4 Å². The molecule has 39 heavy (non-hydrogen) atoms. The lowest BCUT2D eigenvalue weighted by molar-refractivity contribution is 0.412. The van der Waals surface area contributed by atoms with E-state index in [4.69, 9.17) is 0 Å². The van der Waals surface area contributed by atoms with E-state index in [2.05, 4.69) is 87.4 Å². The molecule has 0 spiro atoms. The number of hydrogen-bond acceptors (Lipinski definition) is 3. The molecule has 0 amide bonds. The molecule has 0 fully saturated rings. The van der Waals surface area contributed by atoms with E-state index in [1.807, 2.05) is 39.0 Å². The predicted molar refractivity (Wildman–Crippen MR) is 165 cm³/mol. The molecule has 0 saturated heterocycles. The number of phenolic OH excluding ortho intramolecular Hbond substituents is 3. The monoisotopic (exact) mass is 530 g/mol. The van der Waals surface area contributed by atoms with Gasteiger partial charge in [0.2, 0.25) is 0 Å². The van der Waals surface area contributed by atoms with Gasteiger partial charge in [0.15, 0.2) is 0 Å². The van der Waals surface area contributed by atoms with Crippen LogP contribution in [0.1, 0.15) is 131 Å². The van der Waals surface area contributed by atoms with E-state index in [-0.39, 0.29) is 33.7 Å². The Morgan fingerprint density at radius 1 is 0.462 bits per heavy atom. The summed E-state index contributed by atoms with van der Waals surface area (Å²) in [4.78, 5) is 0. The van der Waals surface area contributed by atoms with E-state index in [0.717, 1.165) is 50.1 Å². The first-order valence-corrected chi connectivity index (χ1v) is 14.2. The van der Waals surface area contributed by atoms with E-state index in [1.165, 1.54) is 0 Å². The molecule has 3 nitrogen and oxygen atoms in total. The molecule has 212 valence electrons. The first kappa shape index (κ1) is 30.6. The van der Waals surface area contributed by atoms with Gasteiger partial charge in [0.05, 0.1) is 0 Å². The summed E-state index contributed by atoms with van der Waals surface area (Å²) in [5.74, 6) is 0.188. The SMILES string of the molecule is Cc1ccc(C(C)C(c2ccc(C)c(C(C)(C)C)c2O)c2ccc(C)c(C(C)(C)C)c2O)c(O)c1C(C)(C)C. The van der Waals surface area contributed by atoms with Gasteiger partial charge in [-0.15, -0.1) is 0 Å². The molecule has 3 aromatic carbocycles. The maximum atomic E-state index is 11.9. The Kier molecular flexibility index (Phi) is 8.02. The van der Waals surface area contributed by atoms with Crippen LogP contribution in [0.5, 0.6) is 17.2 Å². The number of benzene rings is 3. The minimum atomic E-state index is -0.394. The van der Waals surface area contributed by atoms with E-state index < -0.39 is 5.92 Å². The van der Waals surface area contributed by atoms with Gasteiger partial charge >= 0.3 is 0 Å². The quantitative estimate of drug-likeness (QED) is 0.315. The number of rotatable bonds is 4. The lowest BCUT2D eigenvalue weighted by atomic mass is 9.71. The van der Waals surface area contributed by atoms with Crippen molar-refractivity contribution >= 4 is 0 Å². The highest BCUT2D eigenvalue weighted by Crippen LogP contribution is 2.52. The van der Waals surface area contributed by atoms with Gasteiger partial charge in [0, 0.05) is 33.7 Å². The summed E-state index contributed by atoms with van der Waals surface area (Å²) in [5.41, 5.74) is 7.41.